The Labute approximate surface area is 185 Å². The number of benzene rings is 1. The lowest BCUT2D eigenvalue weighted by molar-refractivity contribution is -0.123. The minimum Gasteiger partial charge on any atom is -0.450 e. The number of alkyl carbamates (subject to hydrolysis) is 1. The second kappa shape index (κ2) is 10.9. The van der Waals surface area contributed by atoms with Crippen LogP contribution < -0.4 is 10.6 Å². The molecule has 31 heavy (non-hydrogen) atoms. The quantitative estimate of drug-likeness (QED) is 0.500. The topological polar surface area (TPSA) is 104 Å². The van der Waals surface area contributed by atoms with Gasteiger partial charge in [-0.1, -0.05) is 51.1 Å². The molecule has 1 aromatic rings. The summed E-state index contributed by atoms with van der Waals surface area (Å²) >= 11 is 0. The Balaban J connectivity index is 2.35. The molecule has 7 heteroatoms. The highest BCUT2D eigenvalue weighted by Gasteiger charge is 2.37. The number of nitrogens with zero attached hydrogens (tertiary/aromatic N) is 2. The molecule has 1 aromatic carbocycles. The van der Waals surface area contributed by atoms with E-state index in [9.17, 15) is 14.9 Å². The van der Waals surface area contributed by atoms with Crippen LogP contribution in [0, 0.1) is 16.7 Å². The first-order chi connectivity index (χ1) is 14.7. The van der Waals surface area contributed by atoms with Gasteiger partial charge in [0.15, 0.2) is 0 Å². The molecule has 1 saturated carbocycles. The smallest absolute Gasteiger partial charge is 0.412 e. The summed E-state index contributed by atoms with van der Waals surface area (Å²) in [5.41, 5.74) is -0.135. The van der Waals surface area contributed by atoms with Crippen molar-refractivity contribution in [1.29, 1.82) is 5.26 Å². The van der Waals surface area contributed by atoms with Gasteiger partial charge in [0, 0.05) is 5.56 Å². The third-order valence-electron chi connectivity index (χ3n) is 5.33. The van der Waals surface area contributed by atoms with Gasteiger partial charge in [0.25, 0.3) is 0 Å². The SMILES string of the molecule is CCOC(=O)N/C(=N\C(CCC(C)(C)C)C(=O)NC1(C#N)CCCC1)c1ccccc1. The molecule has 0 bridgehead atoms. The van der Waals surface area contributed by atoms with E-state index in [1.54, 1.807) is 6.92 Å². The average Bonchev–Trinajstić information content (AvgIpc) is 3.19. The van der Waals surface area contributed by atoms with E-state index in [0.29, 0.717) is 24.8 Å². The second-order valence-electron chi connectivity index (χ2n) is 9.19. The Bertz CT molecular complexity index is 815. The standard InChI is InChI=1S/C24H34N4O3/c1-5-31-22(30)27-20(18-11-7-6-8-12-18)26-19(13-16-23(2,3)4)21(29)28-24(17-25)14-9-10-15-24/h6-8,11-12,19H,5,9-10,13-16H2,1-4H3,(H,28,29)(H,26,27,30). The number of hydrogen-bond donors (Lipinski definition) is 2. The molecule has 7 nitrogen and oxygen atoms in total. The fourth-order valence-corrected chi connectivity index (χ4v) is 3.58. The van der Waals surface area contributed by atoms with Gasteiger partial charge in [0.2, 0.25) is 5.91 Å². The lowest BCUT2D eigenvalue weighted by Gasteiger charge is -2.26. The highest BCUT2D eigenvalue weighted by molar-refractivity contribution is 6.07. The number of nitriles is 1. The Morgan fingerprint density at radius 2 is 1.87 bits per heavy atom. The molecule has 2 rings (SSSR count). The van der Waals surface area contributed by atoms with E-state index in [4.69, 9.17) is 4.74 Å². The molecule has 0 saturated heterocycles. The molecule has 0 heterocycles. The van der Waals surface area contributed by atoms with Crippen LogP contribution in [0.15, 0.2) is 35.3 Å². The summed E-state index contributed by atoms with van der Waals surface area (Å²) in [6, 6.07) is 10.7. The highest BCUT2D eigenvalue weighted by Crippen LogP contribution is 2.30. The summed E-state index contributed by atoms with van der Waals surface area (Å²) in [7, 11) is 0. The molecule has 1 atom stereocenters. The summed E-state index contributed by atoms with van der Waals surface area (Å²) < 4.78 is 5.02. The Kier molecular flexibility index (Phi) is 8.61. The lowest BCUT2D eigenvalue weighted by Crippen LogP contribution is -2.49. The van der Waals surface area contributed by atoms with Gasteiger partial charge in [-0.15, -0.1) is 0 Å². The van der Waals surface area contributed by atoms with Crippen LogP contribution in [0.1, 0.15) is 71.8 Å². The molecule has 2 N–H and O–H groups in total. The van der Waals surface area contributed by atoms with Gasteiger partial charge in [-0.05, 0) is 50.9 Å². The molecule has 0 aromatic heterocycles. The van der Waals surface area contributed by atoms with Crippen LogP contribution in [-0.2, 0) is 9.53 Å². The molecule has 2 amide bonds. The molecular weight excluding hydrogens is 392 g/mol. The zero-order valence-corrected chi connectivity index (χ0v) is 19.0. The number of carbonyl (C=O) groups excluding carboxylic acids is 2. The number of aliphatic imine (C=N–C) groups is 1. The largest absolute Gasteiger partial charge is 0.450 e. The van der Waals surface area contributed by atoms with Crippen molar-refractivity contribution in [2.24, 2.45) is 10.4 Å². The van der Waals surface area contributed by atoms with E-state index in [0.717, 1.165) is 19.3 Å². The maximum Gasteiger partial charge on any atom is 0.412 e. The van der Waals surface area contributed by atoms with Crippen molar-refractivity contribution in [2.75, 3.05) is 6.61 Å². The second-order valence-corrected chi connectivity index (χ2v) is 9.19. The predicted octanol–water partition coefficient (Wildman–Crippen LogP) is 4.33. The summed E-state index contributed by atoms with van der Waals surface area (Å²) in [5.74, 6) is -0.00247. The molecule has 168 valence electrons. The van der Waals surface area contributed by atoms with Gasteiger partial charge in [-0.2, -0.15) is 5.26 Å². The minimum atomic E-state index is -0.825. The summed E-state index contributed by atoms with van der Waals surface area (Å²) in [5, 5.41) is 15.3. The number of ether oxygens (including phenoxy) is 1. The van der Waals surface area contributed by atoms with Gasteiger partial charge < -0.3 is 10.1 Å². The van der Waals surface area contributed by atoms with Gasteiger partial charge in [-0.3, -0.25) is 15.1 Å². The first-order valence-corrected chi connectivity index (χ1v) is 11.0. The van der Waals surface area contributed by atoms with Crippen molar-refractivity contribution in [3.63, 3.8) is 0 Å². The number of rotatable bonds is 7. The van der Waals surface area contributed by atoms with Gasteiger partial charge in [0.05, 0.1) is 12.7 Å². The zero-order chi connectivity index (χ0) is 22.9. The van der Waals surface area contributed by atoms with Gasteiger partial charge in [0.1, 0.15) is 17.4 Å². The van der Waals surface area contributed by atoms with Crippen molar-refractivity contribution in [1.82, 2.24) is 10.6 Å². The summed E-state index contributed by atoms with van der Waals surface area (Å²) in [4.78, 5) is 30.0. The summed E-state index contributed by atoms with van der Waals surface area (Å²) in [6.07, 6.45) is 3.78. The van der Waals surface area contributed by atoms with Crippen LogP contribution >= 0.6 is 0 Å². The van der Waals surface area contributed by atoms with Crippen LogP contribution in [0.5, 0.6) is 0 Å². The van der Waals surface area contributed by atoms with E-state index in [1.807, 2.05) is 30.3 Å². The Morgan fingerprint density at radius 1 is 1.23 bits per heavy atom. The van der Waals surface area contributed by atoms with Crippen LogP contribution in [0.25, 0.3) is 0 Å². The maximum atomic E-state index is 13.2. The maximum absolute atomic E-state index is 13.2. The number of amidine groups is 1. The van der Waals surface area contributed by atoms with Crippen molar-refractivity contribution in [3.8, 4) is 6.07 Å². The van der Waals surface area contributed by atoms with E-state index in [2.05, 4.69) is 42.5 Å². The van der Waals surface area contributed by atoms with Crippen LogP contribution in [0.4, 0.5) is 4.79 Å². The third-order valence-corrected chi connectivity index (χ3v) is 5.33. The first-order valence-electron chi connectivity index (χ1n) is 11.0. The molecule has 0 spiro atoms. The van der Waals surface area contributed by atoms with Crippen molar-refractivity contribution in [2.45, 2.75) is 77.8 Å². The van der Waals surface area contributed by atoms with E-state index >= 15 is 0 Å². The van der Waals surface area contributed by atoms with Gasteiger partial charge >= 0.3 is 6.09 Å². The van der Waals surface area contributed by atoms with Gasteiger partial charge in [-0.25, -0.2) is 4.79 Å². The minimum absolute atomic E-state index is 0.00973. The number of hydrogen-bond acceptors (Lipinski definition) is 5. The molecule has 0 radical (unpaired) electrons. The summed E-state index contributed by atoms with van der Waals surface area (Å²) in [6.45, 7) is 8.27. The van der Waals surface area contributed by atoms with E-state index in [-0.39, 0.29) is 23.8 Å². The van der Waals surface area contributed by atoms with E-state index in [1.165, 1.54) is 0 Å². The molecular formula is C24H34N4O3. The lowest BCUT2D eigenvalue weighted by atomic mass is 9.88. The predicted molar refractivity (Wildman–Crippen MR) is 121 cm³/mol. The number of carbonyl (C=O) groups is 2. The normalized spacial score (nSPS) is 16.8. The molecule has 1 aliphatic carbocycles. The fraction of sp³-hybridized carbons (Fsp3) is 0.583. The zero-order valence-electron chi connectivity index (χ0n) is 19.0. The highest BCUT2D eigenvalue weighted by atomic mass is 16.5. The number of nitrogens with one attached hydrogen (secondary N) is 2. The first kappa shape index (κ1) is 24.4. The van der Waals surface area contributed by atoms with Crippen molar-refractivity contribution >= 4 is 17.8 Å². The molecule has 1 unspecified atom stereocenters. The number of amides is 2. The third kappa shape index (κ3) is 7.71. The molecule has 0 aliphatic heterocycles. The fourth-order valence-electron chi connectivity index (χ4n) is 3.58. The van der Waals surface area contributed by atoms with Crippen molar-refractivity contribution in [3.05, 3.63) is 35.9 Å². The van der Waals surface area contributed by atoms with Crippen LogP contribution in [0.3, 0.4) is 0 Å². The van der Waals surface area contributed by atoms with E-state index < -0.39 is 17.7 Å². The van der Waals surface area contributed by atoms with Crippen LogP contribution in [-0.4, -0.2) is 36.0 Å². The Hall–Kier alpha value is -2.88. The average molecular weight is 427 g/mol. The van der Waals surface area contributed by atoms with Crippen LogP contribution in [0.2, 0.25) is 0 Å². The Morgan fingerprint density at radius 3 is 2.42 bits per heavy atom. The monoisotopic (exact) mass is 426 g/mol. The van der Waals surface area contributed by atoms with Crippen molar-refractivity contribution < 1.29 is 14.3 Å². The molecule has 1 fully saturated rings. The molecule has 1 aliphatic rings.